The van der Waals surface area contributed by atoms with Crippen LogP contribution >= 0.6 is 11.8 Å². The molecule has 0 bridgehead atoms. The van der Waals surface area contributed by atoms with Crippen LogP contribution < -0.4 is 0 Å². The minimum absolute atomic E-state index is 0.0283. The summed E-state index contributed by atoms with van der Waals surface area (Å²) in [6.45, 7) is 11.8. The predicted octanol–water partition coefficient (Wildman–Crippen LogP) is 6.29. The molecular formula is C28H42FNO4SSi. The number of likely N-dealkylation sites (tertiary alicyclic amines) is 1. The fourth-order valence-corrected chi connectivity index (χ4v) is 6.94. The Hall–Kier alpha value is -1.64. The number of carbonyl (C=O) groups excluding carboxylic acids is 1. The van der Waals surface area contributed by atoms with Gasteiger partial charge in [0.1, 0.15) is 5.82 Å². The van der Waals surface area contributed by atoms with Crippen LogP contribution in [-0.2, 0) is 20.4 Å². The summed E-state index contributed by atoms with van der Waals surface area (Å²) in [5.41, 5.74) is 0.996. The van der Waals surface area contributed by atoms with Gasteiger partial charge < -0.3 is 14.4 Å². The maximum Gasteiger partial charge on any atom is 0.303 e. The molecule has 1 saturated heterocycles. The summed E-state index contributed by atoms with van der Waals surface area (Å²) in [5, 5.41) is 9.18. The monoisotopic (exact) mass is 535 g/mol. The smallest absolute Gasteiger partial charge is 0.303 e. The summed E-state index contributed by atoms with van der Waals surface area (Å²) >= 11 is 1.76. The number of carbonyl (C=O) groups is 2. The molecule has 0 unspecified atom stereocenters. The largest absolute Gasteiger partial charge is 0.481 e. The zero-order chi connectivity index (χ0) is 26.6. The molecule has 1 amide bonds. The zero-order valence-corrected chi connectivity index (χ0v) is 24.2. The molecule has 0 aromatic heterocycles. The lowest BCUT2D eigenvalue weighted by Crippen LogP contribution is -2.44. The average Bonchev–Trinajstić information content (AvgIpc) is 3.43. The van der Waals surface area contributed by atoms with Gasteiger partial charge in [-0.3, -0.25) is 9.59 Å². The van der Waals surface area contributed by atoms with E-state index >= 15 is 0 Å². The third-order valence-electron chi connectivity index (χ3n) is 7.89. The Balaban J connectivity index is 1.62. The molecule has 1 aliphatic carbocycles. The summed E-state index contributed by atoms with van der Waals surface area (Å²) in [6, 6.07) is 6.64. The fraction of sp³-hybridized carbons (Fsp3) is 0.643. The van der Waals surface area contributed by atoms with Crippen molar-refractivity contribution in [2.45, 2.75) is 89.6 Å². The number of carboxylic acids is 1. The Morgan fingerprint density at radius 2 is 1.97 bits per heavy atom. The number of benzene rings is 1. The van der Waals surface area contributed by atoms with Crippen molar-refractivity contribution in [2.24, 2.45) is 5.41 Å². The number of nitrogens with zero attached hydrogens (tertiary/aromatic N) is 1. The first-order valence-corrected chi connectivity index (χ1v) is 17.1. The van der Waals surface area contributed by atoms with Crippen molar-refractivity contribution in [3.05, 3.63) is 47.8 Å². The van der Waals surface area contributed by atoms with E-state index in [9.17, 15) is 14.0 Å². The predicted molar refractivity (Wildman–Crippen MR) is 147 cm³/mol. The van der Waals surface area contributed by atoms with E-state index in [4.69, 9.17) is 9.53 Å². The Bertz CT molecular complexity index is 940. The minimum atomic E-state index is -2.04. The molecule has 0 spiro atoms. The molecule has 5 nitrogen and oxygen atoms in total. The van der Waals surface area contributed by atoms with E-state index in [1.54, 1.807) is 11.8 Å². The lowest BCUT2D eigenvalue weighted by molar-refractivity contribution is -0.138. The Kier molecular flexibility index (Phi) is 9.50. The van der Waals surface area contributed by atoms with Crippen molar-refractivity contribution < 1.29 is 23.5 Å². The molecule has 1 saturated carbocycles. The van der Waals surface area contributed by atoms with E-state index in [-0.39, 0.29) is 40.7 Å². The molecule has 36 heavy (non-hydrogen) atoms. The van der Waals surface area contributed by atoms with Crippen molar-refractivity contribution in [2.75, 3.05) is 18.1 Å². The second-order valence-corrected chi connectivity index (χ2v) is 17.8. The Morgan fingerprint density at radius 1 is 1.31 bits per heavy atom. The first kappa shape index (κ1) is 28.9. The van der Waals surface area contributed by atoms with Gasteiger partial charge in [0, 0.05) is 25.1 Å². The van der Waals surface area contributed by atoms with Crippen LogP contribution in [0.15, 0.2) is 36.4 Å². The summed E-state index contributed by atoms with van der Waals surface area (Å²) < 4.78 is 20.2. The molecule has 1 aliphatic heterocycles. The molecule has 2 fully saturated rings. The first-order chi connectivity index (χ1) is 16.8. The number of rotatable bonds is 13. The molecule has 200 valence electrons. The number of aliphatic carboxylic acids is 1. The van der Waals surface area contributed by atoms with Crippen molar-refractivity contribution in [1.82, 2.24) is 4.90 Å². The van der Waals surface area contributed by atoms with Gasteiger partial charge in [0.2, 0.25) is 5.91 Å². The number of hydrogen-bond donors (Lipinski definition) is 1. The third-order valence-corrected chi connectivity index (χ3v) is 13.7. The molecule has 2 atom stereocenters. The molecular weight excluding hydrogens is 493 g/mol. The van der Waals surface area contributed by atoms with Crippen LogP contribution in [0.1, 0.15) is 58.4 Å². The van der Waals surface area contributed by atoms with Gasteiger partial charge in [-0.1, -0.05) is 45.1 Å². The van der Waals surface area contributed by atoms with Crippen LogP contribution in [0.2, 0.25) is 18.1 Å². The van der Waals surface area contributed by atoms with Crippen molar-refractivity contribution in [3.63, 3.8) is 0 Å². The van der Waals surface area contributed by atoms with Gasteiger partial charge in [0.05, 0.1) is 18.6 Å². The molecule has 0 radical (unpaired) electrons. The number of halogens is 1. The molecule has 8 heteroatoms. The van der Waals surface area contributed by atoms with Gasteiger partial charge in [-0.2, -0.15) is 11.8 Å². The highest BCUT2D eigenvalue weighted by atomic mass is 32.2. The Morgan fingerprint density at radius 3 is 2.56 bits per heavy atom. The SMILES string of the molecule is CC(C)(C)[Si](C)(C)O[C@H](/C=C/[C@H]1CCC(=O)N1CCSCC1(CC(=O)O)CC1)Cc1ccc(F)cc1. The minimum Gasteiger partial charge on any atom is -0.481 e. The number of carboxylic acid groups (broad SMARTS) is 1. The fourth-order valence-electron chi connectivity index (χ4n) is 4.38. The molecule has 1 aromatic rings. The molecule has 1 N–H and O–H groups in total. The van der Waals surface area contributed by atoms with E-state index < -0.39 is 14.3 Å². The van der Waals surface area contributed by atoms with Gasteiger partial charge in [-0.05, 0) is 66.3 Å². The molecule has 2 aliphatic rings. The lowest BCUT2D eigenvalue weighted by atomic mass is 10.1. The van der Waals surface area contributed by atoms with Crippen LogP contribution in [0.25, 0.3) is 0 Å². The van der Waals surface area contributed by atoms with E-state index in [2.05, 4.69) is 46.0 Å². The van der Waals surface area contributed by atoms with Gasteiger partial charge in [-0.15, -0.1) is 0 Å². The zero-order valence-electron chi connectivity index (χ0n) is 22.4. The summed E-state index contributed by atoms with van der Waals surface area (Å²) in [6.07, 6.45) is 8.33. The van der Waals surface area contributed by atoms with E-state index in [1.165, 1.54) is 12.1 Å². The van der Waals surface area contributed by atoms with Gasteiger partial charge in [0.25, 0.3) is 0 Å². The van der Waals surface area contributed by atoms with Gasteiger partial charge in [0.15, 0.2) is 8.32 Å². The highest BCUT2D eigenvalue weighted by Gasteiger charge is 2.44. The first-order valence-electron chi connectivity index (χ1n) is 13.0. The van der Waals surface area contributed by atoms with Crippen molar-refractivity contribution in [1.29, 1.82) is 0 Å². The topological polar surface area (TPSA) is 66.8 Å². The quantitative estimate of drug-likeness (QED) is 0.183. The highest BCUT2D eigenvalue weighted by Crippen LogP contribution is 2.51. The molecule has 1 heterocycles. The Labute approximate surface area is 221 Å². The summed E-state index contributed by atoms with van der Waals surface area (Å²) in [4.78, 5) is 25.7. The second-order valence-electron chi connectivity index (χ2n) is 11.9. The van der Waals surface area contributed by atoms with Crippen molar-refractivity contribution in [3.8, 4) is 0 Å². The van der Waals surface area contributed by atoms with E-state index in [1.807, 2.05) is 17.0 Å². The van der Waals surface area contributed by atoms with E-state index in [0.717, 1.165) is 36.3 Å². The van der Waals surface area contributed by atoms with Crippen molar-refractivity contribution >= 4 is 32.0 Å². The summed E-state index contributed by atoms with van der Waals surface area (Å²) in [7, 11) is -2.04. The lowest BCUT2D eigenvalue weighted by Gasteiger charge is -2.39. The highest BCUT2D eigenvalue weighted by molar-refractivity contribution is 7.99. The number of amides is 1. The average molecular weight is 536 g/mol. The van der Waals surface area contributed by atoms with Gasteiger partial charge in [-0.25, -0.2) is 4.39 Å². The maximum absolute atomic E-state index is 13.4. The van der Waals surface area contributed by atoms with Crippen LogP contribution in [0, 0.1) is 11.2 Å². The van der Waals surface area contributed by atoms with Crippen LogP contribution in [0.4, 0.5) is 4.39 Å². The molecule has 3 rings (SSSR count). The van der Waals surface area contributed by atoms with Crippen LogP contribution in [0.3, 0.4) is 0 Å². The summed E-state index contributed by atoms with van der Waals surface area (Å²) in [5.74, 6) is 0.879. The maximum atomic E-state index is 13.4. The molecule has 1 aromatic carbocycles. The van der Waals surface area contributed by atoms with Crippen LogP contribution in [0.5, 0.6) is 0 Å². The number of hydrogen-bond acceptors (Lipinski definition) is 4. The number of thioether (sulfide) groups is 1. The normalized spacial score (nSPS) is 20.8. The van der Waals surface area contributed by atoms with E-state index in [0.29, 0.717) is 19.4 Å². The third kappa shape index (κ3) is 8.18. The standard InChI is InChI=1S/C28H42FNO4SSi/c1-27(2,3)36(4,5)34-24(18-21-6-8-22(29)9-7-21)12-10-23-11-13-25(31)30(23)16-17-35-20-28(14-15-28)19-26(32)33/h6-10,12,23-24H,11,13-20H2,1-5H3,(H,32,33)/b12-10+/t23-,24+/m0/s1. The van der Waals surface area contributed by atoms with Crippen LogP contribution in [-0.4, -0.2) is 60.4 Å². The second kappa shape index (κ2) is 11.8. The van der Waals surface area contributed by atoms with Gasteiger partial charge >= 0.3 is 5.97 Å².